The van der Waals surface area contributed by atoms with E-state index in [1.54, 1.807) is 0 Å². The van der Waals surface area contributed by atoms with Crippen molar-refractivity contribution in [2.45, 2.75) is 48.7 Å². The van der Waals surface area contributed by atoms with Gasteiger partial charge in [-0.3, -0.25) is 0 Å². The summed E-state index contributed by atoms with van der Waals surface area (Å²) in [6.07, 6.45) is -10.1. The molecule has 2 aliphatic rings. The van der Waals surface area contributed by atoms with Crippen LogP contribution in [0, 0.1) is 0 Å². The first-order valence-electron chi connectivity index (χ1n) is 6.44. The van der Waals surface area contributed by atoms with E-state index in [0.29, 0.717) is 0 Å². The van der Waals surface area contributed by atoms with Gasteiger partial charge in [0.2, 0.25) is 5.79 Å². The van der Waals surface area contributed by atoms with Gasteiger partial charge in [0.25, 0.3) is 0 Å². The van der Waals surface area contributed by atoms with E-state index in [9.17, 15) is 30.6 Å². The van der Waals surface area contributed by atoms with Crippen molar-refractivity contribution in [2.75, 3.05) is 19.8 Å². The van der Waals surface area contributed by atoms with E-state index in [4.69, 9.17) is 19.3 Å². The minimum absolute atomic E-state index is 0.285. The van der Waals surface area contributed by atoms with Crippen molar-refractivity contribution in [3.8, 4) is 0 Å². The summed E-state index contributed by atoms with van der Waals surface area (Å²) in [5.41, 5.74) is 0. The molecule has 0 aromatic heterocycles. The van der Waals surface area contributed by atoms with Crippen LogP contribution < -0.4 is 0 Å². The number of ether oxygens (including phenoxy) is 3. The molecule has 21 heavy (non-hydrogen) atoms. The lowest BCUT2D eigenvalue weighted by atomic mass is 10.0. The van der Waals surface area contributed by atoms with Gasteiger partial charge in [-0.25, -0.2) is 0 Å². The van der Waals surface area contributed by atoms with Crippen LogP contribution in [-0.4, -0.2) is 104 Å². The molecule has 1 unspecified atom stereocenters. The Bertz CT molecular complexity index is 354. The summed E-state index contributed by atoms with van der Waals surface area (Å²) >= 11 is 0. The third kappa shape index (κ3) is 3.19. The van der Waals surface area contributed by atoms with Gasteiger partial charge in [0.1, 0.15) is 43.2 Å². The van der Waals surface area contributed by atoms with Gasteiger partial charge in [-0.05, 0) is 0 Å². The second kappa shape index (κ2) is 6.38. The zero-order valence-corrected chi connectivity index (χ0v) is 11.0. The Hall–Kier alpha value is -0.400. The van der Waals surface area contributed by atoms with Crippen LogP contribution in [0.3, 0.4) is 0 Å². The lowest BCUT2D eigenvalue weighted by molar-refractivity contribution is -0.314. The monoisotopic (exact) mass is 312 g/mol. The molecule has 0 radical (unpaired) electrons. The van der Waals surface area contributed by atoms with E-state index in [0.717, 1.165) is 0 Å². The Kier molecular flexibility index (Phi) is 5.15. The van der Waals surface area contributed by atoms with E-state index in [-0.39, 0.29) is 6.61 Å². The summed E-state index contributed by atoms with van der Waals surface area (Å²) < 4.78 is 14.9. The molecule has 0 spiro atoms. The molecule has 0 amide bonds. The van der Waals surface area contributed by atoms with Crippen LogP contribution in [-0.2, 0) is 14.2 Å². The molecule has 0 bridgehead atoms. The molecule has 2 fully saturated rings. The summed E-state index contributed by atoms with van der Waals surface area (Å²) in [4.78, 5) is 0. The Morgan fingerprint density at radius 3 is 2.29 bits per heavy atom. The average Bonchev–Trinajstić information content (AvgIpc) is 2.68. The highest BCUT2D eigenvalue weighted by Crippen LogP contribution is 2.30. The second-order valence-corrected chi connectivity index (χ2v) is 5.18. The summed E-state index contributed by atoms with van der Waals surface area (Å²) in [6, 6.07) is 0. The molecular weight excluding hydrogens is 292 g/mol. The van der Waals surface area contributed by atoms with Gasteiger partial charge >= 0.3 is 0 Å². The molecule has 0 aliphatic carbocycles. The maximum Gasteiger partial charge on any atom is 0.219 e. The molecular formula is C11H20O10. The zero-order valence-electron chi connectivity index (χ0n) is 11.0. The van der Waals surface area contributed by atoms with Crippen molar-refractivity contribution in [3.05, 3.63) is 0 Å². The first kappa shape index (κ1) is 17.0. The smallest absolute Gasteiger partial charge is 0.219 e. The van der Waals surface area contributed by atoms with Crippen molar-refractivity contribution >= 4 is 0 Å². The van der Waals surface area contributed by atoms with Crippen molar-refractivity contribution in [1.29, 1.82) is 0 Å². The number of hydrogen-bond acceptors (Lipinski definition) is 10. The van der Waals surface area contributed by atoms with Crippen LogP contribution in [0.4, 0.5) is 0 Å². The molecule has 2 rings (SSSR count). The highest BCUT2D eigenvalue weighted by Gasteiger charge is 2.54. The fraction of sp³-hybridized carbons (Fsp3) is 1.00. The first-order valence-corrected chi connectivity index (χ1v) is 6.44. The third-order valence-electron chi connectivity index (χ3n) is 3.61. The Balaban J connectivity index is 1.93. The van der Waals surface area contributed by atoms with Crippen molar-refractivity contribution in [1.82, 2.24) is 0 Å². The van der Waals surface area contributed by atoms with Gasteiger partial charge in [-0.15, -0.1) is 0 Å². The Labute approximate surface area is 119 Å². The highest BCUT2D eigenvalue weighted by atomic mass is 16.7. The van der Waals surface area contributed by atoms with Crippen LogP contribution in [0.1, 0.15) is 0 Å². The molecule has 124 valence electrons. The van der Waals surface area contributed by atoms with Gasteiger partial charge in [0.15, 0.2) is 6.29 Å². The molecule has 2 aliphatic heterocycles. The predicted octanol–water partition coefficient (Wildman–Crippen LogP) is -4.76. The van der Waals surface area contributed by atoms with E-state index >= 15 is 0 Å². The quantitative estimate of drug-likeness (QED) is 0.267. The number of rotatable bonds is 4. The van der Waals surface area contributed by atoms with Gasteiger partial charge in [-0.2, -0.15) is 0 Å². The summed E-state index contributed by atoms with van der Waals surface area (Å²) in [5.74, 6) is -2.29. The minimum Gasteiger partial charge on any atom is -0.394 e. The Morgan fingerprint density at radius 1 is 1.05 bits per heavy atom. The molecule has 10 heteroatoms. The summed E-state index contributed by atoms with van der Waals surface area (Å²) in [7, 11) is 0. The topological polar surface area (TPSA) is 169 Å². The fourth-order valence-corrected chi connectivity index (χ4v) is 2.26. The summed E-state index contributed by atoms with van der Waals surface area (Å²) in [5, 5.41) is 66.6. The zero-order chi connectivity index (χ0) is 15.8. The van der Waals surface area contributed by atoms with Gasteiger partial charge in [0.05, 0.1) is 13.2 Å². The van der Waals surface area contributed by atoms with Gasteiger partial charge in [0, 0.05) is 0 Å². The number of hydrogen-bond donors (Lipinski definition) is 7. The van der Waals surface area contributed by atoms with Crippen molar-refractivity contribution in [2.24, 2.45) is 0 Å². The lowest BCUT2D eigenvalue weighted by Gasteiger charge is -2.36. The molecule has 2 saturated heterocycles. The number of aliphatic hydroxyl groups is 7. The maximum absolute atomic E-state index is 10.0. The lowest BCUT2D eigenvalue weighted by Crippen LogP contribution is -2.55. The van der Waals surface area contributed by atoms with E-state index in [1.807, 2.05) is 0 Å². The average molecular weight is 312 g/mol. The third-order valence-corrected chi connectivity index (χ3v) is 3.61. The van der Waals surface area contributed by atoms with Crippen molar-refractivity contribution in [3.63, 3.8) is 0 Å². The predicted molar refractivity (Wildman–Crippen MR) is 62.6 cm³/mol. The first-order chi connectivity index (χ1) is 9.80. The molecule has 7 N–H and O–H groups in total. The molecule has 2 heterocycles. The minimum atomic E-state index is -2.29. The fourth-order valence-electron chi connectivity index (χ4n) is 2.26. The van der Waals surface area contributed by atoms with Crippen LogP contribution >= 0.6 is 0 Å². The largest absolute Gasteiger partial charge is 0.394 e. The van der Waals surface area contributed by atoms with Gasteiger partial charge < -0.3 is 50.0 Å². The second-order valence-electron chi connectivity index (χ2n) is 5.18. The van der Waals surface area contributed by atoms with E-state index < -0.39 is 61.9 Å². The normalized spacial score (nSPS) is 51.3. The SMILES string of the molecule is OC[C@H]1OC(O)(CO[C@@H]2OC[C@@H](O)[C@H](O)[C@H]2O)[C@H](O)[C@@H]1O. The highest BCUT2D eigenvalue weighted by molar-refractivity contribution is 4.95. The molecule has 0 aromatic carbocycles. The maximum atomic E-state index is 10.0. The molecule has 8 atom stereocenters. The van der Waals surface area contributed by atoms with Crippen LogP contribution in [0.5, 0.6) is 0 Å². The van der Waals surface area contributed by atoms with E-state index in [2.05, 4.69) is 0 Å². The summed E-state index contributed by atoms with van der Waals surface area (Å²) in [6.45, 7) is -1.59. The van der Waals surface area contributed by atoms with Gasteiger partial charge in [-0.1, -0.05) is 0 Å². The number of aliphatic hydroxyl groups excluding tert-OH is 6. The Morgan fingerprint density at radius 2 is 1.71 bits per heavy atom. The van der Waals surface area contributed by atoms with E-state index in [1.165, 1.54) is 0 Å². The standard InChI is InChI=1S/C11H20O10/c12-1-5-7(15)9(17)11(18,21-5)3-20-10-8(16)6(14)4(13)2-19-10/h4-10,12-18H,1-3H2/t4-,5-,6+,7-,8-,9-,10+,11?/m1/s1. The van der Waals surface area contributed by atoms with Crippen LogP contribution in [0.15, 0.2) is 0 Å². The van der Waals surface area contributed by atoms with Crippen LogP contribution in [0.25, 0.3) is 0 Å². The van der Waals surface area contributed by atoms with Crippen molar-refractivity contribution < 1.29 is 50.0 Å². The van der Waals surface area contributed by atoms with Crippen LogP contribution in [0.2, 0.25) is 0 Å². The molecule has 10 nitrogen and oxygen atoms in total. The molecule has 0 aromatic rings. The molecule has 0 saturated carbocycles.